The second kappa shape index (κ2) is 6.62. The molecule has 1 heterocycles. The predicted molar refractivity (Wildman–Crippen MR) is 95.7 cm³/mol. The van der Waals surface area contributed by atoms with Crippen LogP contribution < -0.4 is 5.73 Å². The van der Waals surface area contributed by atoms with Gasteiger partial charge in [0.05, 0.1) is 14.8 Å². The van der Waals surface area contributed by atoms with Crippen LogP contribution in [-0.2, 0) is 9.84 Å². The minimum absolute atomic E-state index is 0.0482. The SMILES string of the molecule is CS(=O)(=O)c1ncc(I)c(/C(C(=N)N)=C(/O)c2ccccc2)n1. The second-order valence-corrected chi connectivity index (χ2v) is 7.70. The lowest BCUT2D eigenvalue weighted by Crippen LogP contribution is -2.17. The van der Waals surface area contributed by atoms with Crippen LogP contribution in [0.4, 0.5) is 0 Å². The molecule has 2 aromatic rings. The molecule has 4 N–H and O–H groups in total. The fourth-order valence-corrected chi connectivity index (χ4v) is 2.84. The van der Waals surface area contributed by atoms with E-state index in [1.54, 1.807) is 30.3 Å². The van der Waals surface area contributed by atoms with Gasteiger partial charge in [0.15, 0.2) is 0 Å². The van der Waals surface area contributed by atoms with Crippen molar-refractivity contribution in [2.24, 2.45) is 5.73 Å². The zero-order valence-electron chi connectivity index (χ0n) is 12.0. The number of sulfone groups is 1. The van der Waals surface area contributed by atoms with E-state index in [-0.39, 0.29) is 17.0 Å². The van der Waals surface area contributed by atoms with Gasteiger partial charge in [-0.2, -0.15) is 0 Å². The predicted octanol–water partition coefficient (Wildman–Crippen LogP) is 1.85. The summed E-state index contributed by atoms with van der Waals surface area (Å²) in [5, 5.41) is 17.8. The maximum Gasteiger partial charge on any atom is 0.247 e. The second-order valence-electron chi connectivity index (χ2n) is 4.62. The van der Waals surface area contributed by atoms with E-state index in [9.17, 15) is 13.5 Å². The Bertz CT molecular complexity index is 895. The third-order valence-electron chi connectivity index (χ3n) is 2.84. The molecular formula is C14H13IN4O3S. The minimum Gasteiger partial charge on any atom is -0.506 e. The molecule has 0 aliphatic rings. The van der Waals surface area contributed by atoms with Gasteiger partial charge in [-0.3, -0.25) is 5.41 Å². The number of halogens is 1. The Hall–Kier alpha value is -2.01. The molecule has 0 amide bonds. The van der Waals surface area contributed by atoms with Gasteiger partial charge < -0.3 is 10.8 Å². The average Bonchev–Trinajstić information content (AvgIpc) is 2.48. The Morgan fingerprint density at radius 2 is 1.91 bits per heavy atom. The van der Waals surface area contributed by atoms with Gasteiger partial charge in [-0.15, -0.1) is 0 Å². The lowest BCUT2D eigenvalue weighted by molar-refractivity contribution is 0.514. The lowest BCUT2D eigenvalue weighted by atomic mass is 10.0. The number of aromatic nitrogens is 2. The Morgan fingerprint density at radius 3 is 2.43 bits per heavy atom. The molecule has 0 radical (unpaired) electrons. The molecule has 2 rings (SSSR count). The molecule has 1 aromatic heterocycles. The minimum atomic E-state index is -3.63. The summed E-state index contributed by atoms with van der Waals surface area (Å²) in [6.45, 7) is 0. The van der Waals surface area contributed by atoms with Crippen LogP contribution in [0.25, 0.3) is 11.3 Å². The Labute approximate surface area is 146 Å². The van der Waals surface area contributed by atoms with Crippen LogP contribution in [0.1, 0.15) is 11.3 Å². The number of aliphatic hydroxyl groups excluding tert-OH is 1. The summed E-state index contributed by atoms with van der Waals surface area (Å²) >= 11 is 1.89. The first kappa shape index (κ1) is 17.3. The van der Waals surface area contributed by atoms with Crippen LogP contribution in [0.15, 0.2) is 41.7 Å². The molecule has 7 nitrogen and oxygen atoms in total. The Kier molecular flexibility index (Phi) is 5.00. The number of hydrogen-bond donors (Lipinski definition) is 3. The zero-order valence-corrected chi connectivity index (χ0v) is 15.0. The summed E-state index contributed by atoms with van der Waals surface area (Å²) in [5.74, 6) is -0.684. The highest BCUT2D eigenvalue weighted by atomic mass is 127. The van der Waals surface area contributed by atoms with E-state index >= 15 is 0 Å². The standard InChI is InChI=1S/C14H13IN4O3S/c1-23(21,22)14-18-7-9(15)11(19-14)10(13(16)17)12(20)8-5-3-2-4-6-8/h2-7,20H,1H3,(H3,16,17)/b12-10-. The maximum atomic E-state index is 11.6. The molecular weight excluding hydrogens is 431 g/mol. The van der Waals surface area contributed by atoms with E-state index in [0.29, 0.717) is 9.13 Å². The van der Waals surface area contributed by atoms with Crippen molar-refractivity contribution in [3.8, 4) is 0 Å². The van der Waals surface area contributed by atoms with Gasteiger partial charge in [-0.25, -0.2) is 18.4 Å². The van der Waals surface area contributed by atoms with Crippen molar-refractivity contribution < 1.29 is 13.5 Å². The molecule has 0 unspecified atom stereocenters. The largest absolute Gasteiger partial charge is 0.506 e. The van der Waals surface area contributed by atoms with Crippen LogP contribution in [0.2, 0.25) is 0 Å². The monoisotopic (exact) mass is 444 g/mol. The van der Waals surface area contributed by atoms with Crippen LogP contribution >= 0.6 is 22.6 Å². The number of rotatable bonds is 4. The molecule has 0 atom stereocenters. The van der Waals surface area contributed by atoms with Gasteiger partial charge in [-0.05, 0) is 22.6 Å². The molecule has 0 saturated heterocycles. The van der Waals surface area contributed by atoms with E-state index in [1.165, 1.54) is 6.20 Å². The molecule has 0 bridgehead atoms. The zero-order chi connectivity index (χ0) is 17.2. The molecule has 0 aliphatic heterocycles. The maximum absolute atomic E-state index is 11.6. The normalized spacial score (nSPS) is 12.6. The van der Waals surface area contributed by atoms with Crippen molar-refractivity contribution in [3.05, 3.63) is 51.4 Å². The molecule has 9 heteroatoms. The van der Waals surface area contributed by atoms with Crippen molar-refractivity contribution in [1.82, 2.24) is 9.97 Å². The first-order valence-corrected chi connectivity index (χ1v) is 9.25. The molecule has 0 spiro atoms. The first-order chi connectivity index (χ1) is 10.7. The van der Waals surface area contributed by atoms with Crippen molar-refractivity contribution in [3.63, 3.8) is 0 Å². The Balaban J connectivity index is 2.76. The van der Waals surface area contributed by atoms with Gasteiger partial charge in [0.2, 0.25) is 15.0 Å². The lowest BCUT2D eigenvalue weighted by Gasteiger charge is -2.11. The molecule has 0 aliphatic carbocycles. The summed E-state index contributed by atoms with van der Waals surface area (Å²) in [6.07, 6.45) is 2.29. The fraction of sp³-hybridized carbons (Fsp3) is 0.0714. The van der Waals surface area contributed by atoms with E-state index in [0.717, 1.165) is 6.26 Å². The van der Waals surface area contributed by atoms with Gasteiger partial charge in [0, 0.05) is 18.0 Å². The van der Waals surface area contributed by atoms with Crippen molar-refractivity contribution in [1.29, 1.82) is 5.41 Å². The summed E-state index contributed by atoms with van der Waals surface area (Å²) in [5.41, 5.74) is 6.07. The number of nitrogens with two attached hydrogens (primary N) is 1. The van der Waals surface area contributed by atoms with E-state index in [4.69, 9.17) is 11.1 Å². The number of hydrogen-bond acceptors (Lipinski definition) is 6. The summed E-state index contributed by atoms with van der Waals surface area (Å²) in [7, 11) is -3.63. The number of aliphatic hydroxyl groups is 1. The Morgan fingerprint density at radius 1 is 1.30 bits per heavy atom. The molecule has 1 aromatic carbocycles. The molecule has 0 fully saturated rings. The summed E-state index contributed by atoms with van der Waals surface area (Å²) in [6, 6.07) is 8.50. The first-order valence-electron chi connectivity index (χ1n) is 6.28. The van der Waals surface area contributed by atoms with Gasteiger partial charge >= 0.3 is 0 Å². The van der Waals surface area contributed by atoms with Crippen LogP contribution in [0, 0.1) is 8.98 Å². The number of benzene rings is 1. The number of amidine groups is 1. The smallest absolute Gasteiger partial charge is 0.247 e. The van der Waals surface area contributed by atoms with E-state index < -0.39 is 20.8 Å². The van der Waals surface area contributed by atoms with Gasteiger partial charge in [0.25, 0.3) is 0 Å². The highest BCUT2D eigenvalue weighted by Gasteiger charge is 2.21. The summed E-state index contributed by atoms with van der Waals surface area (Å²) < 4.78 is 23.7. The molecule has 120 valence electrons. The summed E-state index contributed by atoms with van der Waals surface area (Å²) in [4.78, 5) is 7.73. The number of nitrogens with one attached hydrogen (secondary N) is 1. The highest BCUT2D eigenvalue weighted by Crippen LogP contribution is 2.26. The van der Waals surface area contributed by atoms with Crippen molar-refractivity contribution in [2.75, 3.05) is 6.26 Å². The van der Waals surface area contributed by atoms with Crippen LogP contribution in [0.5, 0.6) is 0 Å². The molecule has 23 heavy (non-hydrogen) atoms. The average molecular weight is 444 g/mol. The third-order valence-corrected chi connectivity index (χ3v) is 4.49. The van der Waals surface area contributed by atoms with Crippen molar-refractivity contribution >= 4 is 49.6 Å². The fourth-order valence-electron chi connectivity index (χ4n) is 1.81. The van der Waals surface area contributed by atoms with Gasteiger partial charge in [-0.1, -0.05) is 30.3 Å². The number of nitrogens with zero attached hydrogens (tertiary/aromatic N) is 2. The topological polar surface area (TPSA) is 130 Å². The van der Waals surface area contributed by atoms with Gasteiger partial charge in [0.1, 0.15) is 11.6 Å². The van der Waals surface area contributed by atoms with Crippen LogP contribution in [-0.4, -0.2) is 35.6 Å². The highest BCUT2D eigenvalue weighted by molar-refractivity contribution is 14.1. The van der Waals surface area contributed by atoms with Crippen LogP contribution in [0.3, 0.4) is 0 Å². The molecule has 0 saturated carbocycles. The quantitative estimate of drug-likeness (QED) is 0.217. The van der Waals surface area contributed by atoms with E-state index in [1.807, 2.05) is 22.6 Å². The van der Waals surface area contributed by atoms with Crippen molar-refractivity contribution in [2.45, 2.75) is 5.16 Å². The third kappa shape index (κ3) is 3.85. The van der Waals surface area contributed by atoms with E-state index in [2.05, 4.69) is 9.97 Å².